The van der Waals surface area contributed by atoms with Crippen LogP contribution in [-0.4, -0.2) is 31.1 Å². The van der Waals surface area contributed by atoms with Crippen molar-refractivity contribution in [2.24, 2.45) is 0 Å². The van der Waals surface area contributed by atoms with Crippen molar-refractivity contribution in [3.05, 3.63) is 35.4 Å². The molecule has 0 atom stereocenters. The van der Waals surface area contributed by atoms with Crippen LogP contribution in [0.3, 0.4) is 0 Å². The molecule has 0 bridgehead atoms. The highest BCUT2D eigenvalue weighted by atomic mass is 15.1. The highest BCUT2D eigenvalue weighted by Gasteiger charge is 2.25. The Morgan fingerprint density at radius 1 is 1.11 bits per heavy atom. The number of hydrogen-bond acceptors (Lipinski definition) is 2. The maximum atomic E-state index is 3.45. The highest BCUT2D eigenvalue weighted by Crippen LogP contribution is 2.26. The first-order valence-electron chi connectivity index (χ1n) is 7.28. The molecule has 2 rings (SSSR count). The molecule has 18 heavy (non-hydrogen) atoms. The van der Waals surface area contributed by atoms with E-state index >= 15 is 0 Å². The third-order valence-electron chi connectivity index (χ3n) is 3.64. The van der Waals surface area contributed by atoms with Crippen molar-refractivity contribution >= 4 is 0 Å². The van der Waals surface area contributed by atoms with Gasteiger partial charge in [-0.2, -0.15) is 0 Å². The Balaban J connectivity index is 1.74. The zero-order valence-electron chi connectivity index (χ0n) is 11.8. The van der Waals surface area contributed by atoms with Crippen LogP contribution in [0.15, 0.2) is 24.3 Å². The van der Waals surface area contributed by atoms with Crippen LogP contribution >= 0.6 is 0 Å². The molecule has 100 valence electrons. The maximum Gasteiger partial charge on any atom is 0.0233 e. The van der Waals surface area contributed by atoms with Crippen LogP contribution < -0.4 is 5.32 Å². The van der Waals surface area contributed by atoms with E-state index in [1.807, 2.05) is 0 Å². The average molecular weight is 246 g/mol. The summed E-state index contributed by atoms with van der Waals surface area (Å²) in [6, 6.07) is 9.98. The minimum atomic E-state index is 0.850. The Morgan fingerprint density at radius 2 is 1.78 bits per heavy atom. The monoisotopic (exact) mass is 246 g/mol. The van der Waals surface area contributed by atoms with E-state index in [1.165, 1.54) is 30.4 Å². The average Bonchev–Trinajstić information content (AvgIpc) is 3.21. The van der Waals surface area contributed by atoms with Gasteiger partial charge >= 0.3 is 0 Å². The lowest BCUT2D eigenvalue weighted by molar-refractivity contribution is 0.316. The molecule has 0 unspecified atom stereocenters. The normalized spacial score (nSPS) is 15.3. The third-order valence-corrected chi connectivity index (χ3v) is 3.64. The lowest BCUT2D eigenvalue weighted by Gasteiger charge is -2.15. The van der Waals surface area contributed by atoms with E-state index in [0.717, 1.165) is 32.1 Å². The van der Waals surface area contributed by atoms with Crippen molar-refractivity contribution in [2.75, 3.05) is 20.1 Å². The van der Waals surface area contributed by atoms with E-state index in [0.29, 0.717) is 0 Å². The van der Waals surface area contributed by atoms with Gasteiger partial charge < -0.3 is 5.32 Å². The van der Waals surface area contributed by atoms with Gasteiger partial charge in [-0.15, -0.1) is 0 Å². The summed E-state index contributed by atoms with van der Waals surface area (Å²) in [7, 11) is 2.24. The summed E-state index contributed by atoms with van der Waals surface area (Å²) in [5.41, 5.74) is 2.88. The van der Waals surface area contributed by atoms with Crippen LogP contribution in [0.1, 0.15) is 37.3 Å². The molecule has 2 nitrogen and oxygen atoms in total. The van der Waals surface area contributed by atoms with Gasteiger partial charge in [0.15, 0.2) is 0 Å². The fraction of sp³-hybridized carbons (Fsp3) is 0.625. The number of nitrogens with zero attached hydrogens (tertiary/aromatic N) is 1. The van der Waals surface area contributed by atoms with Gasteiger partial charge in [-0.1, -0.05) is 31.2 Å². The molecule has 1 N–H and O–H groups in total. The molecule has 0 saturated heterocycles. The van der Waals surface area contributed by atoms with Crippen LogP contribution in [0.5, 0.6) is 0 Å². The van der Waals surface area contributed by atoms with Crippen molar-refractivity contribution in [2.45, 2.75) is 45.2 Å². The van der Waals surface area contributed by atoms with E-state index in [1.54, 1.807) is 0 Å². The van der Waals surface area contributed by atoms with Crippen LogP contribution in [0.25, 0.3) is 0 Å². The van der Waals surface area contributed by atoms with Crippen molar-refractivity contribution in [3.8, 4) is 0 Å². The van der Waals surface area contributed by atoms with Gasteiger partial charge in [-0.05, 0) is 56.9 Å². The van der Waals surface area contributed by atoms with E-state index in [4.69, 9.17) is 0 Å². The smallest absolute Gasteiger partial charge is 0.0233 e. The molecule has 0 aromatic heterocycles. The first-order valence-corrected chi connectivity index (χ1v) is 7.28. The molecular weight excluding hydrogens is 220 g/mol. The van der Waals surface area contributed by atoms with Crippen LogP contribution in [0.2, 0.25) is 0 Å². The third kappa shape index (κ3) is 4.43. The molecule has 0 heterocycles. The number of rotatable bonds is 8. The topological polar surface area (TPSA) is 15.3 Å². The first kappa shape index (κ1) is 13.6. The zero-order valence-corrected chi connectivity index (χ0v) is 11.8. The second-order valence-electron chi connectivity index (χ2n) is 5.46. The molecular formula is C16H26N2. The molecule has 0 radical (unpaired) electrons. The van der Waals surface area contributed by atoms with Crippen LogP contribution in [-0.2, 0) is 13.0 Å². The summed E-state index contributed by atoms with van der Waals surface area (Å²) in [6.07, 6.45) is 5.13. The predicted octanol–water partition coefficient (Wildman–Crippen LogP) is 2.82. The SMILES string of the molecule is CCCNCCc1ccc(CN(C)C2CC2)cc1. The van der Waals surface area contributed by atoms with Crippen LogP contribution in [0, 0.1) is 0 Å². The van der Waals surface area contributed by atoms with E-state index in [-0.39, 0.29) is 0 Å². The zero-order chi connectivity index (χ0) is 12.8. The molecule has 0 aliphatic heterocycles. The van der Waals surface area contributed by atoms with Gasteiger partial charge in [0, 0.05) is 12.6 Å². The molecule has 1 fully saturated rings. The van der Waals surface area contributed by atoms with Crippen LogP contribution in [0.4, 0.5) is 0 Å². The highest BCUT2D eigenvalue weighted by molar-refractivity contribution is 5.23. The van der Waals surface area contributed by atoms with E-state index < -0.39 is 0 Å². The van der Waals surface area contributed by atoms with Crippen molar-refractivity contribution < 1.29 is 0 Å². The second kappa shape index (κ2) is 6.91. The molecule has 1 aromatic rings. The lowest BCUT2D eigenvalue weighted by Crippen LogP contribution is -2.20. The minimum absolute atomic E-state index is 0.850. The lowest BCUT2D eigenvalue weighted by atomic mass is 10.1. The van der Waals surface area contributed by atoms with Gasteiger partial charge in [-0.25, -0.2) is 0 Å². The Morgan fingerprint density at radius 3 is 2.39 bits per heavy atom. The summed E-state index contributed by atoms with van der Waals surface area (Å²) in [4.78, 5) is 2.47. The molecule has 2 heteroatoms. The quantitative estimate of drug-likeness (QED) is 0.710. The summed E-state index contributed by atoms with van der Waals surface area (Å²) >= 11 is 0. The Bertz CT molecular complexity index is 341. The summed E-state index contributed by atoms with van der Waals surface area (Å²) < 4.78 is 0. The predicted molar refractivity (Wildman–Crippen MR) is 77.8 cm³/mol. The number of hydrogen-bond donors (Lipinski definition) is 1. The van der Waals surface area contributed by atoms with Gasteiger partial charge in [0.1, 0.15) is 0 Å². The number of nitrogens with one attached hydrogen (secondary N) is 1. The molecule has 0 amide bonds. The Hall–Kier alpha value is -0.860. The Kier molecular flexibility index (Phi) is 5.21. The van der Waals surface area contributed by atoms with Gasteiger partial charge in [0.2, 0.25) is 0 Å². The maximum absolute atomic E-state index is 3.45. The summed E-state index contributed by atoms with van der Waals surface area (Å²) in [6.45, 7) is 5.52. The van der Waals surface area contributed by atoms with Crippen molar-refractivity contribution in [1.29, 1.82) is 0 Å². The van der Waals surface area contributed by atoms with Gasteiger partial charge in [0.25, 0.3) is 0 Å². The fourth-order valence-electron chi connectivity index (χ4n) is 2.28. The molecule has 0 spiro atoms. The molecule has 1 aliphatic carbocycles. The standard InChI is InChI=1S/C16H26N2/c1-3-11-17-12-10-14-4-6-15(7-5-14)13-18(2)16-8-9-16/h4-7,16-17H,3,8-13H2,1-2H3. The minimum Gasteiger partial charge on any atom is -0.316 e. The van der Waals surface area contributed by atoms with E-state index in [9.17, 15) is 0 Å². The molecule has 1 saturated carbocycles. The Labute approximate surface area is 111 Å². The van der Waals surface area contributed by atoms with Crippen molar-refractivity contribution in [1.82, 2.24) is 10.2 Å². The number of benzene rings is 1. The fourth-order valence-corrected chi connectivity index (χ4v) is 2.28. The molecule has 1 aromatic carbocycles. The summed E-state index contributed by atoms with van der Waals surface area (Å²) in [5.74, 6) is 0. The van der Waals surface area contributed by atoms with Gasteiger partial charge in [0.05, 0.1) is 0 Å². The second-order valence-corrected chi connectivity index (χ2v) is 5.46. The van der Waals surface area contributed by atoms with E-state index in [2.05, 4.69) is 48.5 Å². The summed E-state index contributed by atoms with van der Waals surface area (Å²) in [5, 5.41) is 3.45. The largest absolute Gasteiger partial charge is 0.316 e. The molecule has 1 aliphatic rings. The first-order chi connectivity index (χ1) is 8.79. The van der Waals surface area contributed by atoms with Gasteiger partial charge in [-0.3, -0.25) is 4.90 Å². The van der Waals surface area contributed by atoms with Crippen molar-refractivity contribution in [3.63, 3.8) is 0 Å².